The van der Waals surface area contributed by atoms with Gasteiger partial charge in [-0.3, -0.25) is 4.18 Å². The molecule has 1 aromatic heterocycles. The van der Waals surface area contributed by atoms with Gasteiger partial charge in [0.25, 0.3) is 10.1 Å². The zero-order valence-corrected chi connectivity index (χ0v) is 15.4. The number of rotatable bonds is 12. The summed E-state index contributed by atoms with van der Waals surface area (Å²) in [6.45, 7) is 4.49. The Bertz CT molecular complexity index is 621. The lowest BCUT2D eigenvalue weighted by atomic mass is 10.0. The van der Waals surface area contributed by atoms with E-state index in [2.05, 4.69) is 9.97 Å². The average molecular weight is 375 g/mol. The molecule has 142 valence electrons. The van der Waals surface area contributed by atoms with Crippen LogP contribution in [0.15, 0.2) is 12.3 Å². The van der Waals surface area contributed by atoms with E-state index in [1.807, 2.05) is 4.90 Å². The minimum atomic E-state index is -3.48. The fourth-order valence-electron chi connectivity index (χ4n) is 2.24. The molecule has 1 aliphatic heterocycles. The predicted molar refractivity (Wildman–Crippen MR) is 90.9 cm³/mol. The summed E-state index contributed by atoms with van der Waals surface area (Å²) in [6, 6.07) is 1.64. The van der Waals surface area contributed by atoms with Crippen molar-refractivity contribution in [2.24, 2.45) is 5.92 Å². The number of anilines is 1. The zero-order chi connectivity index (χ0) is 18.1. The van der Waals surface area contributed by atoms with Crippen LogP contribution in [0.1, 0.15) is 5.69 Å². The number of hydrogen-bond acceptors (Lipinski definition) is 9. The van der Waals surface area contributed by atoms with Gasteiger partial charge in [-0.25, -0.2) is 9.97 Å². The Balaban J connectivity index is 1.63. The van der Waals surface area contributed by atoms with Crippen molar-refractivity contribution in [3.8, 4) is 0 Å². The van der Waals surface area contributed by atoms with Crippen molar-refractivity contribution in [2.75, 3.05) is 64.4 Å². The highest BCUT2D eigenvalue weighted by atomic mass is 32.2. The van der Waals surface area contributed by atoms with Crippen molar-refractivity contribution in [3.05, 3.63) is 18.0 Å². The van der Waals surface area contributed by atoms with Gasteiger partial charge < -0.3 is 19.1 Å². The lowest BCUT2D eigenvalue weighted by molar-refractivity contribution is 0.0127. The van der Waals surface area contributed by atoms with Crippen LogP contribution in [0.25, 0.3) is 0 Å². The Morgan fingerprint density at radius 3 is 2.64 bits per heavy atom. The third-order valence-electron chi connectivity index (χ3n) is 3.52. The van der Waals surface area contributed by atoms with Crippen LogP contribution in [-0.2, 0) is 35.1 Å². The molecule has 9 nitrogen and oxygen atoms in total. The topological polar surface area (TPSA) is 100 Å². The fraction of sp³-hybridized carbons (Fsp3) is 0.733. The fourth-order valence-corrected chi connectivity index (χ4v) is 2.57. The second kappa shape index (κ2) is 9.97. The summed E-state index contributed by atoms with van der Waals surface area (Å²) in [6.07, 6.45) is 2.61. The summed E-state index contributed by atoms with van der Waals surface area (Å²) in [5, 5.41) is 0. The molecule has 1 fully saturated rings. The molecule has 0 aromatic carbocycles. The Labute approximate surface area is 148 Å². The SMILES string of the molecule is COCCOCCOCC1CN(c2nccc(COS(C)(=O)=O)n2)C1. The summed E-state index contributed by atoms with van der Waals surface area (Å²) in [5.41, 5.74) is 0.531. The summed E-state index contributed by atoms with van der Waals surface area (Å²) in [7, 11) is -1.84. The van der Waals surface area contributed by atoms with Crippen molar-refractivity contribution in [1.82, 2.24) is 9.97 Å². The molecule has 0 atom stereocenters. The van der Waals surface area contributed by atoms with Crippen LogP contribution in [-0.4, -0.2) is 77.9 Å². The van der Waals surface area contributed by atoms with E-state index in [0.717, 1.165) is 19.3 Å². The van der Waals surface area contributed by atoms with Crippen molar-refractivity contribution in [3.63, 3.8) is 0 Å². The number of aromatic nitrogens is 2. The van der Waals surface area contributed by atoms with E-state index < -0.39 is 10.1 Å². The lowest BCUT2D eigenvalue weighted by Crippen LogP contribution is -2.49. The first-order chi connectivity index (χ1) is 12.0. The van der Waals surface area contributed by atoms with Crippen LogP contribution in [0.4, 0.5) is 5.95 Å². The molecule has 0 spiro atoms. The van der Waals surface area contributed by atoms with Crippen LogP contribution in [0.3, 0.4) is 0 Å². The molecule has 25 heavy (non-hydrogen) atoms. The molecule has 0 N–H and O–H groups in total. The highest BCUT2D eigenvalue weighted by molar-refractivity contribution is 7.85. The van der Waals surface area contributed by atoms with Gasteiger partial charge >= 0.3 is 0 Å². The Kier molecular flexibility index (Phi) is 7.97. The van der Waals surface area contributed by atoms with Gasteiger partial charge in [-0.05, 0) is 6.07 Å². The van der Waals surface area contributed by atoms with E-state index in [1.54, 1.807) is 19.4 Å². The number of methoxy groups -OCH3 is 1. The molecule has 0 aliphatic carbocycles. The van der Waals surface area contributed by atoms with Crippen molar-refractivity contribution in [2.45, 2.75) is 6.61 Å². The molecule has 1 aromatic rings. The molecule has 2 heterocycles. The molecule has 1 aliphatic rings. The van der Waals surface area contributed by atoms with Gasteiger partial charge in [0.2, 0.25) is 5.95 Å². The highest BCUT2D eigenvalue weighted by Gasteiger charge is 2.28. The minimum Gasteiger partial charge on any atom is -0.382 e. The van der Waals surface area contributed by atoms with E-state index in [-0.39, 0.29) is 6.61 Å². The van der Waals surface area contributed by atoms with Gasteiger partial charge in [0.1, 0.15) is 6.61 Å². The maximum atomic E-state index is 11.0. The number of ether oxygens (including phenoxy) is 3. The predicted octanol–water partition coefficient (Wildman–Crippen LogP) is 0.0686. The Hall–Kier alpha value is -1.33. The third kappa shape index (κ3) is 7.61. The summed E-state index contributed by atoms with van der Waals surface area (Å²) >= 11 is 0. The molecule has 1 saturated heterocycles. The van der Waals surface area contributed by atoms with Gasteiger partial charge in [-0.1, -0.05) is 0 Å². The number of nitrogens with zero attached hydrogens (tertiary/aromatic N) is 3. The van der Waals surface area contributed by atoms with Crippen LogP contribution >= 0.6 is 0 Å². The molecule has 0 saturated carbocycles. The van der Waals surface area contributed by atoms with Gasteiger partial charge in [-0.2, -0.15) is 8.42 Å². The second-order valence-electron chi connectivity index (χ2n) is 5.77. The minimum absolute atomic E-state index is 0.0855. The molecule has 2 rings (SSSR count). The molecule has 0 amide bonds. The van der Waals surface area contributed by atoms with Crippen molar-refractivity contribution < 1.29 is 26.8 Å². The average Bonchev–Trinajstić information content (AvgIpc) is 2.53. The quantitative estimate of drug-likeness (QED) is 0.371. The molecular weight excluding hydrogens is 350 g/mol. The van der Waals surface area contributed by atoms with E-state index in [0.29, 0.717) is 50.6 Å². The van der Waals surface area contributed by atoms with Crippen LogP contribution in [0.2, 0.25) is 0 Å². The smallest absolute Gasteiger partial charge is 0.264 e. The maximum absolute atomic E-state index is 11.0. The summed E-state index contributed by atoms with van der Waals surface area (Å²) in [4.78, 5) is 10.6. The molecule has 0 radical (unpaired) electrons. The molecular formula is C15H25N3O6S. The number of hydrogen-bond donors (Lipinski definition) is 0. The Morgan fingerprint density at radius 1 is 1.20 bits per heavy atom. The summed E-state index contributed by atoms with van der Waals surface area (Å²) < 4.78 is 42.6. The molecule has 0 unspecified atom stereocenters. The van der Waals surface area contributed by atoms with Crippen LogP contribution in [0.5, 0.6) is 0 Å². The lowest BCUT2D eigenvalue weighted by Gasteiger charge is -2.39. The van der Waals surface area contributed by atoms with E-state index in [4.69, 9.17) is 18.4 Å². The van der Waals surface area contributed by atoms with E-state index >= 15 is 0 Å². The second-order valence-corrected chi connectivity index (χ2v) is 7.41. The van der Waals surface area contributed by atoms with Crippen molar-refractivity contribution in [1.29, 1.82) is 0 Å². The summed E-state index contributed by atoms with van der Waals surface area (Å²) in [5.74, 6) is 1.01. The monoisotopic (exact) mass is 375 g/mol. The first-order valence-corrected chi connectivity index (χ1v) is 9.85. The normalized spacial score (nSPS) is 15.4. The zero-order valence-electron chi connectivity index (χ0n) is 14.6. The van der Waals surface area contributed by atoms with Crippen molar-refractivity contribution >= 4 is 16.1 Å². The van der Waals surface area contributed by atoms with Crippen LogP contribution in [0, 0.1) is 5.92 Å². The molecule has 10 heteroatoms. The highest BCUT2D eigenvalue weighted by Crippen LogP contribution is 2.21. The maximum Gasteiger partial charge on any atom is 0.264 e. The van der Waals surface area contributed by atoms with E-state index in [1.165, 1.54) is 0 Å². The van der Waals surface area contributed by atoms with E-state index in [9.17, 15) is 8.42 Å². The largest absolute Gasteiger partial charge is 0.382 e. The first kappa shape index (κ1) is 20.0. The van der Waals surface area contributed by atoms with Gasteiger partial charge in [-0.15, -0.1) is 0 Å². The Morgan fingerprint density at radius 2 is 1.92 bits per heavy atom. The van der Waals surface area contributed by atoms with Crippen LogP contribution < -0.4 is 4.90 Å². The van der Waals surface area contributed by atoms with Gasteiger partial charge in [0, 0.05) is 32.3 Å². The standard InChI is InChI=1S/C15H25N3O6S/c1-21-5-6-22-7-8-23-11-13-9-18(10-13)15-16-4-3-14(17-15)12-24-25(2,19)20/h3-4,13H,5-12H2,1-2H3. The van der Waals surface area contributed by atoms with Gasteiger partial charge in [0.15, 0.2) is 0 Å². The van der Waals surface area contributed by atoms with Gasteiger partial charge in [0.05, 0.1) is 45.0 Å². The third-order valence-corrected chi connectivity index (χ3v) is 4.06. The molecule has 0 bridgehead atoms. The first-order valence-electron chi connectivity index (χ1n) is 8.03.